The number of urea groups is 1. The highest BCUT2D eigenvalue weighted by molar-refractivity contribution is 5.73. The van der Waals surface area contributed by atoms with Crippen LogP contribution in [-0.2, 0) is 12.0 Å². The van der Waals surface area contributed by atoms with E-state index in [2.05, 4.69) is 44.4 Å². The van der Waals surface area contributed by atoms with Crippen LogP contribution in [0.25, 0.3) is 0 Å². The van der Waals surface area contributed by atoms with E-state index in [1.54, 1.807) is 18.4 Å². The van der Waals surface area contributed by atoms with Crippen LogP contribution in [0.5, 0.6) is 5.75 Å². The van der Waals surface area contributed by atoms with E-state index in [9.17, 15) is 4.79 Å². The topological polar surface area (TPSA) is 63.5 Å². The van der Waals surface area contributed by atoms with Gasteiger partial charge < -0.3 is 19.8 Å². The van der Waals surface area contributed by atoms with Crippen LogP contribution >= 0.6 is 0 Å². The summed E-state index contributed by atoms with van der Waals surface area (Å²) in [5.74, 6) is 1.49. The monoisotopic (exact) mass is 316 g/mol. The molecule has 0 unspecified atom stereocenters. The van der Waals surface area contributed by atoms with Crippen molar-refractivity contribution >= 4 is 6.03 Å². The largest absolute Gasteiger partial charge is 0.473 e. The average Bonchev–Trinajstić information content (AvgIpc) is 2.99. The van der Waals surface area contributed by atoms with Crippen molar-refractivity contribution in [2.75, 3.05) is 6.73 Å². The molecule has 2 aromatic rings. The molecular weight excluding hydrogens is 292 g/mol. The highest BCUT2D eigenvalue weighted by Crippen LogP contribution is 2.31. The van der Waals surface area contributed by atoms with Gasteiger partial charge in [-0.1, -0.05) is 38.5 Å². The molecule has 0 saturated heterocycles. The lowest BCUT2D eigenvalue weighted by Crippen LogP contribution is -2.37. The van der Waals surface area contributed by atoms with E-state index in [4.69, 9.17) is 9.15 Å². The molecule has 1 aromatic heterocycles. The maximum atomic E-state index is 11.7. The number of aryl methyl sites for hydroxylation is 1. The molecular formula is C18H24N2O3. The number of hydrogen-bond acceptors (Lipinski definition) is 3. The summed E-state index contributed by atoms with van der Waals surface area (Å²) < 4.78 is 10.9. The van der Waals surface area contributed by atoms with Crippen LogP contribution in [0.1, 0.15) is 37.7 Å². The number of ether oxygens (including phenoxy) is 1. The number of carbonyl (C=O) groups excluding carboxylic acids is 1. The Balaban J connectivity index is 1.85. The van der Waals surface area contributed by atoms with Crippen molar-refractivity contribution in [2.45, 2.75) is 39.7 Å². The fourth-order valence-electron chi connectivity index (χ4n) is 2.18. The van der Waals surface area contributed by atoms with E-state index in [0.717, 1.165) is 11.3 Å². The lowest BCUT2D eigenvalue weighted by atomic mass is 9.85. The third kappa shape index (κ3) is 5.06. The summed E-state index contributed by atoms with van der Waals surface area (Å²) in [5, 5.41) is 5.37. The Morgan fingerprint density at radius 2 is 2.00 bits per heavy atom. The van der Waals surface area contributed by atoms with Crippen molar-refractivity contribution in [2.24, 2.45) is 0 Å². The summed E-state index contributed by atoms with van der Waals surface area (Å²) in [6.45, 7) is 8.92. The molecule has 124 valence electrons. The van der Waals surface area contributed by atoms with E-state index in [0.29, 0.717) is 12.3 Å². The maximum absolute atomic E-state index is 11.7. The minimum absolute atomic E-state index is 0.0249. The molecule has 0 saturated carbocycles. The number of carbonyl (C=O) groups is 1. The molecule has 1 aromatic carbocycles. The Morgan fingerprint density at radius 3 is 2.65 bits per heavy atom. The second kappa shape index (κ2) is 7.22. The van der Waals surface area contributed by atoms with Crippen LogP contribution in [0.15, 0.2) is 41.0 Å². The molecule has 0 aliphatic heterocycles. The summed E-state index contributed by atoms with van der Waals surface area (Å²) in [6.07, 6.45) is 1.57. The van der Waals surface area contributed by atoms with Gasteiger partial charge in [0.2, 0.25) is 0 Å². The number of furan rings is 1. The highest BCUT2D eigenvalue weighted by atomic mass is 16.5. The first-order valence-electron chi connectivity index (χ1n) is 7.64. The number of hydrogen-bond donors (Lipinski definition) is 2. The van der Waals surface area contributed by atoms with Crippen molar-refractivity contribution in [1.29, 1.82) is 0 Å². The molecule has 2 amide bonds. The van der Waals surface area contributed by atoms with Gasteiger partial charge in [0.05, 0.1) is 12.8 Å². The lowest BCUT2D eigenvalue weighted by molar-refractivity contribution is 0.222. The third-order valence-corrected chi connectivity index (χ3v) is 3.41. The van der Waals surface area contributed by atoms with E-state index in [-0.39, 0.29) is 18.2 Å². The molecule has 23 heavy (non-hydrogen) atoms. The van der Waals surface area contributed by atoms with Gasteiger partial charge in [0, 0.05) is 0 Å². The minimum Gasteiger partial charge on any atom is -0.473 e. The molecule has 0 bridgehead atoms. The van der Waals surface area contributed by atoms with Gasteiger partial charge in [0.25, 0.3) is 0 Å². The summed E-state index contributed by atoms with van der Waals surface area (Å²) in [6, 6.07) is 9.35. The van der Waals surface area contributed by atoms with Crippen LogP contribution in [0.2, 0.25) is 0 Å². The predicted molar refractivity (Wildman–Crippen MR) is 89.5 cm³/mol. The molecule has 2 N–H and O–H groups in total. The molecule has 0 spiro atoms. The molecule has 5 heteroatoms. The zero-order valence-electron chi connectivity index (χ0n) is 14.1. The van der Waals surface area contributed by atoms with Crippen LogP contribution in [0, 0.1) is 6.92 Å². The lowest BCUT2D eigenvalue weighted by Gasteiger charge is -2.23. The molecule has 0 aliphatic carbocycles. The summed E-state index contributed by atoms with van der Waals surface area (Å²) in [7, 11) is 0. The van der Waals surface area contributed by atoms with Gasteiger partial charge in [-0.3, -0.25) is 0 Å². The summed E-state index contributed by atoms with van der Waals surface area (Å²) in [4.78, 5) is 11.7. The standard InChI is InChI=1S/C18H24N2O3/c1-13-7-8-16(15(10-13)18(2,3)4)23-12-20-17(21)19-11-14-6-5-9-22-14/h5-10H,11-12H2,1-4H3,(H2,19,20,21). The Labute approximate surface area is 137 Å². The van der Waals surface area contributed by atoms with Gasteiger partial charge >= 0.3 is 6.03 Å². The molecule has 2 rings (SSSR count). The first-order chi connectivity index (χ1) is 10.9. The number of amides is 2. The van der Waals surface area contributed by atoms with Crippen molar-refractivity contribution in [3.8, 4) is 5.75 Å². The van der Waals surface area contributed by atoms with Gasteiger partial charge in [-0.2, -0.15) is 0 Å². The van der Waals surface area contributed by atoms with E-state index in [1.165, 1.54) is 5.56 Å². The Hall–Kier alpha value is -2.43. The molecule has 1 heterocycles. The first kappa shape index (κ1) is 16.9. The summed E-state index contributed by atoms with van der Waals surface area (Å²) >= 11 is 0. The van der Waals surface area contributed by atoms with Gasteiger partial charge in [0.1, 0.15) is 11.5 Å². The average molecular weight is 316 g/mol. The zero-order chi connectivity index (χ0) is 16.9. The van der Waals surface area contributed by atoms with E-state index in [1.807, 2.05) is 12.1 Å². The fourth-order valence-corrected chi connectivity index (χ4v) is 2.18. The van der Waals surface area contributed by atoms with Gasteiger partial charge in [-0.15, -0.1) is 0 Å². The number of benzene rings is 1. The SMILES string of the molecule is Cc1ccc(OCNC(=O)NCc2ccco2)c(C(C)(C)C)c1. The van der Waals surface area contributed by atoms with Crippen molar-refractivity contribution in [1.82, 2.24) is 10.6 Å². The van der Waals surface area contributed by atoms with Crippen molar-refractivity contribution < 1.29 is 13.9 Å². The molecule has 0 atom stereocenters. The molecule has 0 aliphatic rings. The van der Waals surface area contributed by atoms with Gasteiger partial charge in [-0.25, -0.2) is 4.79 Å². The van der Waals surface area contributed by atoms with Crippen molar-refractivity contribution in [3.63, 3.8) is 0 Å². The van der Waals surface area contributed by atoms with Crippen LogP contribution < -0.4 is 15.4 Å². The van der Waals surface area contributed by atoms with E-state index >= 15 is 0 Å². The number of rotatable bonds is 5. The zero-order valence-corrected chi connectivity index (χ0v) is 14.1. The predicted octanol–water partition coefficient (Wildman–Crippen LogP) is 3.72. The number of nitrogens with one attached hydrogen (secondary N) is 2. The molecule has 0 radical (unpaired) electrons. The third-order valence-electron chi connectivity index (χ3n) is 3.41. The minimum atomic E-state index is -0.300. The summed E-state index contributed by atoms with van der Waals surface area (Å²) in [5.41, 5.74) is 2.28. The fraction of sp³-hybridized carbons (Fsp3) is 0.389. The normalized spacial score (nSPS) is 11.1. The highest BCUT2D eigenvalue weighted by Gasteiger charge is 2.19. The van der Waals surface area contributed by atoms with Crippen LogP contribution in [0.3, 0.4) is 0 Å². The molecule has 5 nitrogen and oxygen atoms in total. The molecule has 0 fully saturated rings. The van der Waals surface area contributed by atoms with Gasteiger partial charge in [-0.05, 0) is 36.1 Å². The van der Waals surface area contributed by atoms with Gasteiger partial charge in [0.15, 0.2) is 6.73 Å². The Kier molecular flexibility index (Phi) is 5.32. The quantitative estimate of drug-likeness (QED) is 0.826. The first-order valence-corrected chi connectivity index (χ1v) is 7.64. The van der Waals surface area contributed by atoms with Crippen molar-refractivity contribution in [3.05, 3.63) is 53.5 Å². The maximum Gasteiger partial charge on any atom is 0.317 e. The van der Waals surface area contributed by atoms with Crippen LogP contribution in [-0.4, -0.2) is 12.8 Å². The second-order valence-corrected chi connectivity index (χ2v) is 6.48. The smallest absolute Gasteiger partial charge is 0.317 e. The Morgan fingerprint density at radius 1 is 1.22 bits per heavy atom. The van der Waals surface area contributed by atoms with E-state index < -0.39 is 0 Å². The second-order valence-electron chi connectivity index (χ2n) is 6.48. The van der Waals surface area contributed by atoms with Crippen LogP contribution in [0.4, 0.5) is 4.79 Å². The Bertz CT molecular complexity index is 643.